The fraction of sp³-hybridized carbons (Fsp3) is 0.250. The summed E-state index contributed by atoms with van der Waals surface area (Å²) in [6.45, 7) is 2.11. The second kappa shape index (κ2) is 3.23. The number of halogens is 1. The van der Waals surface area contributed by atoms with Crippen molar-refractivity contribution in [2.45, 2.75) is 13.3 Å². The number of hydrogen-bond donors (Lipinski definition) is 1. The predicted octanol–water partition coefficient (Wildman–Crippen LogP) is 2.56. The van der Waals surface area contributed by atoms with Crippen LogP contribution in [-0.2, 0) is 6.42 Å². The molecule has 0 aliphatic heterocycles. The van der Waals surface area contributed by atoms with Crippen molar-refractivity contribution in [1.82, 2.24) is 0 Å². The Balaban J connectivity index is 3.07. The van der Waals surface area contributed by atoms with Gasteiger partial charge in [0.1, 0.15) is 5.75 Å². The van der Waals surface area contributed by atoms with Gasteiger partial charge in [-0.1, -0.05) is 13.0 Å². The zero-order valence-electron chi connectivity index (χ0n) is 5.76. The van der Waals surface area contributed by atoms with E-state index in [9.17, 15) is 0 Å². The molecule has 1 N–H and O–H groups in total. The van der Waals surface area contributed by atoms with Gasteiger partial charge in [-0.25, -0.2) is 0 Å². The molecule has 1 rings (SSSR count). The van der Waals surface area contributed by atoms with Gasteiger partial charge in [-0.15, -0.1) is 0 Å². The Bertz CT molecular complexity index is 233. The molecule has 1 nitrogen and oxygen atoms in total. The maximum absolute atomic E-state index is 9.03. The lowest BCUT2D eigenvalue weighted by Gasteiger charge is -1.99. The van der Waals surface area contributed by atoms with E-state index in [1.165, 1.54) is 5.56 Å². The highest BCUT2D eigenvalue weighted by Gasteiger charge is 1.96. The number of phenols is 1. The monoisotopic (exact) mass is 248 g/mol. The molecule has 0 spiro atoms. The van der Waals surface area contributed by atoms with Crippen LogP contribution in [0.5, 0.6) is 5.75 Å². The van der Waals surface area contributed by atoms with E-state index in [1.54, 1.807) is 12.1 Å². The molecule has 0 heterocycles. The lowest BCUT2D eigenvalue weighted by Crippen LogP contribution is -1.83. The van der Waals surface area contributed by atoms with Crippen molar-refractivity contribution in [2.24, 2.45) is 0 Å². The van der Waals surface area contributed by atoms with Gasteiger partial charge < -0.3 is 5.11 Å². The van der Waals surface area contributed by atoms with Gasteiger partial charge in [0.25, 0.3) is 0 Å². The Morgan fingerprint density at radius 2 is 2.20 bits per heavy atom. The first kappa shape index (κ1) is 7.85. The summed E-state index contributed by atoms with van der Waals surface area (Å²) in [4.78, 5) is 0. The second-order valence-electron chi connectivity index (χ2n) is 2.13. The van der Waals surface area contributed by atoms with E-state index in [-0.39, 0.29) is 0 Å². The molecule has 10 heavy (non-hydrogen) atoms. The molecule has 0 saturated carbocycles. The topological polar surface area (TPSA) is 20.2 Å². The van der Waals surface area contributed by atoms with Gasteiger partial charge >= 0.3 is 0 Å². The van der Waals surface area contributed by atoms with E-state index >= 15 is 0 Å². The molecule has 2 heteroatoms. The third-order valence-electron chi connectivity index (χ3n) is 1.42. The van der Waals surface area contributed by atoms with Crippen LogP contribution in [0.4, 0.5) is 0 Å². The number of benzene rings is 1. The largest absolute Gasteiger partial charge is 0.508 e. The van der Waals surface area contributed by atoms with Crippen molar-refractivity contribution in [3.8, 4) is 5.75 Å². The predicted molar refractivity (Wildman–Crippen MR) is 50.2 cm³/mol. The van der Waals surface area contributed by atoms with Crippen LogP contribution < -0.4 is 0 Å². The van der Waals surface area contributed by atoms with Crippen LogP contribution >= 0.6 is 22.6 Å². The van der Waals surface area contributed by atoms with Crippen molar-refractivity contribution >= 4 is 22.6 Å². The molecule has 0 fully saturated rings. The number of aromatic hydroxyl groups is 1. The summed E-state index contributed by atoms with van der Waals surface area (Å²) >= 11 is 2.23. The van der Waals surface area contributed by atoms with Crippen LogP contribution in [0.25, 0.3) is 0 Å². The van der Waals surface area contributed by atoms with E-state index in [4.69, 9.17) is 5.11 Å². The minimum Gasteiger partial charge on any atom is -0.508 e. The van der Waals surface area contributed by atoms with E-state index in [2.05, 4.69) is 29.5 Å². The normalized spacial score (nSPS) is 9.80. The van der Waals surface area contributed by atoms with Gasteiger partial charge in [-0.05, 0) is 46.7 Å². The number of rotatable bonds is 1. The molecule has 0 saturated heterocycles. The van der Waals surface area contributed by atoms with E-state index in [1.807, 2.05) is 6.07 Å². The molecular formula is C8H9IO. The molecule has 0 atom stereocenters. The van der Waals surface area contributed by atoms with Gasteiger partial charge in [-0.3, -0.25) is 0 Å². The maximum atomic E-state index is 9.03. The summed E-state index contributed by atoms with van der Waals surface area (Å²) < 4.78 is 1.14. The molecule has 1 aromatic rings. The second-order valence-corrected chi connectivity index (χ2v) is 3.29. The summed E-state index contributed by atoms with van der Waals surface area (Å²) in [5.74, 6) is 0.349. The first-order valence-electron chi connectivity index (χ1n) is 3.21. The quantitative estimate of drug-likeness (QED) is 0.757. The molecule has 0 aromatic heterocycles. The summed E-state index contributed by atoms with van der Waals surface area (Å²) in [6, 6.07) is 5.46. The highest BCUT2D eigenvalue weighted by atomic mass is 127. The maximum Gasteiger partial charge on any atom is 0.116 e. The van der Waals surface area contributed by atoms with Crippen molar-refractivity contribution in [3.63, 3.8) is 0 Å². The third kappa shape index (κ3) is 1.62. The van der Waals surface area contributed by atoms with Crippen LogP contribution in [-0.4, -0.2) is 5.11 Å². The third-order valence-corrected chi connectivity index (χ3v) is 2.42. The van der Waals surface area contributed by atoms with Crippen LogP contribution in [0.3, 0.4) is 0 Å². The Labute approximate surface area is 74.2 Å². The Kier molecular flexibility index (Phi) is 2.54. The minimum atomic E-state index is 0.349. The van der Waals surface area contributed by atoms with Gasteiger partial charge in [0.15, 0.2) is 0 Å². The Morgan fingerprint density at radius 1 is 1.50 bits per heavy atom. The standard InChI is InChI=1S/C8H9IO/c1-2-6-3-4-7(10)5-8(6)9/h3-5,10H,2H2,1H3. The lowest BCUT2D eigenvalue weighted by atomic mass is 10.2. The SMILES string of the molecule is CCc1ccc(O)cc1I. The van der Waals surface area contributed by atoms with Gasteiger partial charge in [0.2, 0.25) is 0 Å². The number of hydrogen-bond acceptors (Lipinski definition) is 1. The zero-order chi connectivity index (χ0) is 7.56. The van der Waals surface area contributed by atoms with Crippen molar-refractivity contribution in [2.75, 3.05) is 0 Å². The van der Waals surface area contributed by atoms with Gasteiger partial charge in [0.05, 0.1) is 0 Å². The van der Waals surface area contributed by atoms with Crippen molar-refractivity contribution in [3.05, 3.63) is 27.3 Å². The van der Waals surface area contributed by atoms with Crippen LogP contribution in [0.2, 0.25) is 0 Å². The Morgan fingerprint density at radius 3 is 2.70 bits per heavy atom. The van der Waals surface area contributed by atoms with Gasteiger partial charge in [-0.2, -0.15) is 0 Å². The van der Waals surface area contributed by atoms with E-state index in [0.29, 0.717) is 5.75 Å². The molecule has 0 bridgehead atoms. The molecular weight excluding hydrogens is 239 g/mol. The fourth-order valence-electron chi connectivity index (χ4n) is 0.823. The lowest BCUT2D eigenvalue weighted by molar-refractivity contribution is 0.474. The molecule has 0 unspecified atom stereocenters. The molecule has 54 valence electrons. The van der Waals surface area contributed by atoms with Crippen LogP contribution in [0.1, 0.15) is 12.5 Å². The zero-order valence-corrected chi connectivity index (χ0v) is 7.92. The summed E-state index contributed by atoms with van der Waals surface area (Å²) in [5, 5.41) is 9.03. The average molecular weight is 248 g/mol. The molecule has 1 aromatic carbocycles. The average Bonchev–Trinajstić information content (AvgIpc) is 1.88. The number of aryl methyl sites for hydroxylation is 1. The van der Waals surface area contributed by atoms with Crippen LogP contribution in [0, 0.1) is 3.57 Å². The highest BCUT2D eigenvalue weighted by Crippen LogP contribution is 2.18. The fourth-order valence-corrected chi connectivity index (χ4v) is 1.70. The van der Waals surface area contributed by atoms with E-state index < -0.39 is 0 Å². The summed E-state index contributed by atoms with van der Waals surface area (Å²) in [7, 11) is 0. The van der Waals surface area contributed by atoms with Gasteiger partial charge in [0, 0.05) is 3.57 Å². The molecule has 0 aliphatic rings. The number of phenolic OH excluding ortho intramolecular Hbond substituents is 1. The first-order chi connectivity index (χ1) is 4.74. The summed E-state index contributed by atoms with van der Waals surface area (Å²) in [5.41, 5.74) is 1.29. The molecule has 0 amide bonds. The summed E-state index contributed by atoms with van der Waals surface area (Å²) in [6.07, 6.45) is 1.03. The van der Waals surface area contributed by atoms with Crippen LogP contribution in [0.15, 0.2) is 18.2 Å². The Hall–Kier alpha value is -0.250. The van der Waals surface area contributed by atoms with Crippen molar-refractivity contribution < 1.29 is 5.11 Å². The highest BCUT2D eigenvalue weighted by molar-refractivity contribution is 14.1. The van der Waals surface area contributed by atoms with Crippen molar-refractivity contribution in [1.29, 1.82) is 0 Å². The van der Waals surface area contributed by atoms with E-state index in [0.717, 1.165) is 9.99 Å². The first-order valence-corrected chi connectivity index (χ1v) is 4.29. The smallest absolute Gasteiger partial charge is 0.116 e. The minimum absolute atomic E-state index is 0.349. The molecule has 0 radical (unpaired) electrons. The molecule has 0 aliphatic carbocycles.